The predicted octanol–water partition coefficient (Wildman–Crippen LogP) is 2.09. The molecular formula is C19H23N6O2+. The maximum Gasteiger partial charge on any atom is 0.411 e. The van der Waals surface area contributed by atoms with Crippen LogP contribution in [0.15, 0.2) is 42.5 Å². The summed E-state index contributed by atoms with van der Waals surface area (Å²) in [6, 6.07) is 13.6. The van der Waals surface area contributed by atoms with Gasteiger partial charge in [0, 0.05) is 18.2 Å². The minimum Gasteiger partial charge on any atom is -0.447 e. The largest absolute Gasteiger partial charge is 0.447 e. The van der Waals surface area contributed by atoms with E-state index in [1.165, 1.54) is 0 Å². The Morgan fingerprint density at radius 2 is 1.96 bits per heavy atom. The van der Waals surface area contributed by atoms with Gasteiger partial charge in [0.2, 0.25) is 5.82 Å². The van der Waals surface area contributed by atoms with Crippen molar-refractivity contribution in [3.8, 4) is 0 Å². The summed E-state index contributed by atoms with van der Waals surface area (Å²) in [6.07, 6.45) is 3.75. The van der Waals surface area contributed by atoms with Crippen LogP contribution in [0.2, 0.25) is 0 Å². The Morgan fingerprint density at radius 1 is 1.19 bits per heavy atom. The van der Waals surface area contributed by atoms with Crippen molar-refractivity contribution in [2.24, 2.45) is 0 Å². The lowest BCUT2D eigenvalue weighted by atomic mass is 9.98. The second kappa shape index (κ2) is 7.32. The Bertz CT molecular complexity index is 943. The van der Waals surface area contributed by atoms with Gasteiger partial charge in [-0.05, 0) is 34.7 Å². The number of nitrogens with zero attached hydrogens (tertiary/aromatic N) is 4. The molecule has 8 nitrogen and oxygen atoms in total. The van der Waals surface area contributed by atoms with Crippen LogP contribution in [0.4, 0.5) is 10.5 Å². The first kappa shape index (κ1) is 17.4. The summed E-state index contributed by atoms with van der Waals surface area (Å²) in [7, 11) is 0. The first-order valence-corrected chi connectivity index (χ1v) is 9.19. The van der Waals surface area contributed by atoms with Crippen LogP contribution in [0.3, 0.4) is 0 Å². The van der Waals surface area contributed by atoms with Crippen molar-refractivity contribution in [3.63, 3.8) is 0 Å². The molecule has 0 bridgehead atoms. The SMILES string of the molecule is [NH3+]C1(c2nnnn2CCOC(=O)Nc2cccc3ccccc23)CCCC1. The van der Waals surface area contributed by atoms with E-state index < -0.39 is 6.09 Å². The molecular weight excluding hydrogens is 344 g/mol. The summed E-state index contributed by atoms with van der Waals surface area (Å²) in [5, 5.41) is 16.8. The van der Waals surface area contributed by atoms with Gasteiger partial charge in [-0.1, -0.05) is 36.4 Å². The number of carbonyl (C=O) groups is 1. The molecule has 1 saturated carbocycles. The van der Waals surface area contributed by atoms with Gasteiger partial charge in [-0.2, -0.15) is 0 Å². The lowest BCUT2D eigenvalue weighted by molar-refractivity contribution is -0.489. The maximum atomic E-state index is 12.2. The zero-order chi connectivity index (χ0) is 18.7. The van der Waals surface area contributed by atoms with E-state index in [1.54, 1.807) is 4.68 Å². The molecule has 140 valence electrons. The molecule has 1 aromatic heterocycles. The van der Waals surface area contributed by atoms with E-state index in [0.717, 1.165) is 48.0 Å². The number of nitrogens with one attached hydrogen (secondary N) is 1. The molecule has 0 unspecified atom stereocenters. The number of carbonyl (C=O) groups excluding carboxylic acids is 1. The fourth-order valence-electron chi connectivity index (χ4n) is 3.72. The highest BCUT2D eigenvalue weighted by Gasteiger charge is 2.40. The Labute approximate surface area is 156 Å². The van der Waals surface area contributed by atoms with Gasteiger partial charge in [0.25, 0.3) is 0 Å². The number of fused-ring (bicyclic) bond motifs is 1. The third kappa shape index (κ3) is 3.61. The summed E-state index contributed by atoms with van der Waals surface area (Å²) >= 11 is 0. The second-order valence-corrected chi connectivity index (χ2v) is 7.00. The fraction of sp³-hybridized carbons (Fsp3) is 0.368. The first-order valence-electron chi connectivity index (χ1n) is 9.19. The smallest absolute Gasteiger partial charge is 0.411 e. The molecule has 1 heterocycles. The van der Waals surface area contributed by atoms with Crippen LogP contribution >= 0.6 is 0 Å². The zero-order valence-electron chi connectivity index (χ0n) is 15.1. The van der Waals surface area contributed by atoms with Crippen molar-refractivity contribution in [3.05, 3.63) is 48.3 Å². The summed E-state index contributed by atoms with van der Waals surface area (Å²) in [6.45, 7) is 0.591. The number of benzene rings is 2. The van der Waals surface area contributed by atoms with E-state index in [-0.39, 0.29) is 12.1 Å². The monoisotopic (exact) mass is 367 g/mol. The van der Waals surface area contributed by atoms with Gasteiger partial charge in [-0.15, -0.1) is 5.10 Å². The molecule has 3 aromatic rings. The van der Waals surface area contributed by atoms with Crippen molar-refractivity contribution in [2.75, 3.05) is 11.9 Å². The summed E-state index contributed by atoms with van der Waals surface area (Å²) in [4.78, 5) is 12.2. The third-order valence-corrected chi connectivity index (χ3v) is 5.13. The first-order chi connectivity index (χ1) is 13.2. The second-order valence-electron chi connectivity index (χ2n) is 7.00. The fourth-order valence-corrected chi connectivity index (χ4v) is 3.72. The lowest BCUT2D eigenvalue weighted by Crippen LogP contribution is -2.69. The van der Waals surface area contributed by atoms with Crippen molar-refractivity contribution in [2.45, 2.75) is 37.8 Å². The number of hydrogen-bond acceptors (Lipinski definition) is 5. The molecule has 8 heteroatoms. The Morgan fingerprint density at radius 3 is 2.81 bits per heavy atom. The molecule has 1 aliphatic rings. The van der Waals surface area contributed by atoms with Crippen LogP contribution in [0, 0.1) is 0 Å². The Hall–Kier alpha value is -3.00. The highest BCUT2D eigenvalue weighted by molar-refractivity contribution is 6.00. The molecule has 1 amide bonds. The van der Waals surface area contributed by atoms with Gasteiger partial charge in [0.05, 0.1) is 12.2 Å². The van der Waals surface area contributed by atoms with Crippen LogP contribution < -0.4 is 11.1 Å². The number of ether oxygens (including phenoxy) is 1. The van der Waals surface area contributed by atoms with Crippen LogP contribution in [-0.2, 0) is 16.8 Å². The number of hydrogen-bond donors (Lipinski definition) is 2. The molecule has 0 spiro atoms. The molecule has 27 heavy (non-hydrogen) atoms. The van der Waals surface area contributed by atoms with E-state index in [4.69, 9.17) is 4.74 Å². The lowest BCUT2D eigenvalue weighted by Gasteiger charge is -2.18. The topological polar surface area (TPSA) is 110 Å². The summed E-state index contributed by atoms with van der Waals surface area (Å²) in [5.41, 5.74) is 4.82. The number of anilines is 1. The number of tetrazole rings is 1. The molecule has 0 radical (unpaired) electrons. The van der Waals surface area contributed by atoms with Crippen LogP contribution in [0.25, 0.3) is 10.8 Å². The quantitative estimate of drug-likeness (QED) is 0.717. The standard InChI is InChI=1S/C19H22N6O2/c20-19(10-3-4-11-19)17-22-23-24-25(17)12-13-27-18(26)21-16-9-5-7-14-6-1-2-8-15(14)16/h1-2,5-9H,3-4,10-13,20H2,(H,21,26)/p+1. The van der Waals surface area contributed by atoms with E-state index in [1.807, 2.05) is 42.5 Å². The van der Waals surface area contributed by atoms with E-state index in [2.05, 4.69) is 26.6 Å². The molecule has 4 rings (SSSR count). The molecule has 1 aliphatic carbocycles. The predicted molar refractivity (Wildman–Crippen MR) is 99.8 cm³/mol. The van der Waals surface area contributed by atoms with Gasteiger partial charge in [0.15, 0.2) is 5.54 Å². The molecule has 1 fully saturated rings. The minimum absolute atomic E-state index is 0.185. The van der Waals surface area contributed by atoms with E-state index in [0.29, 0.717) is 6.54 Å². The summed E-state index contributed by atoms with van der Waals surface area (Å²) < 4.78 is 7.03. The molecule has 4 N–H and O–H groups in total. The average Bonchev–Trinajstić information content (AvgIpc) is 3.32. The number of aromatic nitrogens is 4. The molecule has 0 aliphatic heterocycles. The zero-order valence-corrected chi connectivity index (χ0v) is 15.1. The van der Waals surface area contributed by atoms with Gasteiger partial charge >= 0.3 is 6.09 Å². The van der Waals surface area contributed by atoms with E-state index in [9.17, 15) is 4.79 Å². The van der Waals surface area contributed by atoms with Crippen molar-refractivity contribution < 1.29 is 15.3 Å². The van der Waals surface area contributed by atoms with Crippen LogP contribution in [0.1, 0.15) is 31.5 Å². The van der Waals surface area contributed by atoms with Crippen molar-refractivity contribution in [1.82, 2.24) is 20.2 Å². The highest BCUT2D eigenvalue weighted by atomic mass is 16.5. The third-order valence-electron chi connectivity index (χ3n) is 5.13. The van der Waals surface area contributed by atoms with E-state index >= 15 is 0 Å². The number of rotatable bonds is 5. The molecule has 0 saturated heterocycles. The Kier molecular flexibility index (Phi) is 4.72. The van der Waals surface area contributed by atoms with Gasteiger partial charge in [0.1, 0.15) is 6.61 Å². The molecule has 2 aromatic carbocycles. The average molecular weight is 367 g/mol. The normalized spacial score (nSPS) is 15.7. The van der Waals surface area contributed by atoms with Crippen molar-refractivity contribution in [1.29, 1.82) is 0 Å². The highest BCUT2D eigenvalue weighted by Crippen LogP contribution is 2.32. The summed E-state index contributed by atoms with van der Waals surface area (Å²) in [5.74, 6) is 0.776. The molecule has 0 atom stereocenters. The van der Waals surface area contributed by atoms with Crippen LogP contribution in [0.5, 0.6) is 0 Å². The van der Waals surface area contributed by atoms with Gasteiger partial charge < -0.3 is 10.5 Å². The van der Waals surface area contributed by atoms with Gasteiger partial charge in [-0.25, -0.2) is 9.48 Å². The van der Waals surface area contributed by atoms with Crippen molar-refractivity contribution >= 4 is 22.6 Å². The van der Waals surface area contributed by atoms with Crippen LogP contribution in [-0.4, -0.2) is 32.9 Å². The minimum atomic E-state index is -0.494. The Balaban J connectivity index is 1.36. The number of quaternary nitrogens is 1. The number of amides is 1. The van der Waals surface area contributed by atoms with Gasteiger partial charge in [-0.3, -0.25) is 5.32 Å². The maximum absolute atomic E-state index is 12.2.